The molecule has 8 heteroatoms. The van der Waals surface area contributed by atoms with Gasteiger partial charge < -0.3 is 5.32 Å². The average Bonchev–Trinajstić information content (AvgIpc) is 2.89. The summed E-state index contributed by atoms with van der Waals surface area (Å²) in [4.78, 5) is 20.0. The van der Waals surface area contributed by atoms with Crippen molar-refractivity contribution < 1.29 is 4.92 Å². The smallest absolute Gasteiger partial charge is 0.312 e. The minimum absolute atomic E-state index is 0.142. The van der Waals surface area contributed by atoms with Gasteiger partial charge in [-0.05, 0) is 13.3 Å². The standard InChI is InChI=1S/C12H13ClN4O2S/c1-3-9-6-15-12(20-9)7(2)16-11-10(17(18)19)4-8(13)5-14-11/h4-7H,3H2,1-2H3,(H,14,16). The number of nitro groups is 1. The van der Waals surface area contributed by atoms with Crippen molar-refractivity contribution in [2.45, 2.75) is 26.3 Å². The van der Waals surface area contributed by atoms with E-state index in [4.69, 9.17) is 11.6 Å². The summed E-state index contributed by atoms with van der Waals surface area (Å²) in [6, 6.07) is 1.12. The summed E-state index contributed by atoms with van der Waals surface area (Å²) in [7, 11) is 0. The van der Waals surface area contributed by atoms with Crippen LogP contribution < -0.4 is 5.32 Å². The predicted octanol–water partition coefficient (Wildman–Crippen LogP) is 3.84. The number of thiazole rings is 1. The van der Waals surface area contributed by atoms with E-state index in [1.165, 1.54) is 17.1 Å². The lowest BCUT2D eigenvalue weighted by atomic mass is 10.3. The van der Waals surface area contributed by atoms with Crippen molar-refractivity contribution >= 4 is 34.4 Å². The van der Waals surface area contributed by atoms with Crippen LogP contribution in [0.3, 0.4) is 0 Å². The summed E-state index contributed by atoms with van der Waals surface area (Å²) < 4.78 is 0. The van der Waals surface area contributed by atoms with Gasteiger partial charge in [-0.25, -0.2) is 9.97 Å². The summed E-state index contributed by atoms with van der Waals surface area (Å²) in [6.45, 7) is 3.94. The van der Waals surface area contributed by atoms with Crippen LogP contribution in [-0.4, -0.2) is 14.9 Å². The van der Waals surface area contributed by atoms with Gasteiger partial charge in [-0.15, -0.1) is 11.3 Å². The van der Waals surface area contributed by atoms with Crippen molar-refractivity contribution in [1.29, 1.82) is 0 Å². The number of aromatic nitrogens is 2. The van der Waals surface area contributed by atoms with E-state index in [1.54, 1.807) is 11.3 Å². The van der Waals surface area contributed by atoms with Crippen LogP contribution in [0.2, 0.25) is 5.02 Å². The molecule has 0 saturated carbocycles. The van der Waals surface area contributed by atoms with Crippen LogP contribution in [0.1, 0.15) is 29.8 Å². The molecule has 20 heavy (non-hydrogen) atoms. The van der Waals surface area contributed by atoms with Crippen molar-refractivity contribution in [1.82, 2.24) is 9.97 Å². The van der Waals surface area contributed by atoms with Gasteiger partial charge in [0.25, 0.3) is 0 Å². The Bertz CT molecular complexity index is 632. The van der Waals surface area contributed by atoms with Crippen LogP contribution in [-0.2, 0) is 6.42 Å². The molecule has 0 saturated heterocycles. The molecular formula is C12H13ClN4O2S. The Morgan fingerprint density at radius 3 is 2.85 bits per heavy atom. The number of hydrogen-bond acceptors (Lipinski definition) is 6. The maximum atomic E-state index is 11.0. The Morgan fingerprint density at radius 2 is 2.25 bits per heavy atom. The molecular weight excluding hydrogens is 300 g/mol. The van der Waals surface area contributed by atoms with Gasteiger partial charge in [0.15, 0.2) is 0 Å². The summed E-state index contributed by atoms with van der Waals surface area (Å²) in [6.07, 6.45) is 4.12. The van der Waals surface area contributed by atoms with Crippen molar-refractivity contribution in [2.24, 2.45) is 0 Å². The largest absolute Gasteiger partial charge is 0.355 e. The second-order valence-electron chi connectivity index (χ2n) is 4.16. The third-order valence-corrected chi connectivity index (χ3v) is 4.21. The average molecular weight is 313 g/mol. The van der Waals surface area contributed by atoms with Gasteiger partial charge in [0.05, 0.1) is 16.0 Å². The molecule has 0 aliphatic rings. The first-order valence-corrected chi connectivity index (χ1v) is 7.21. The Morgan fingerprint density at radius 1 is 1.50 bits per heavy atom. The molecule has 0 aliphatic carbocycles. The zero-order valence-electron chi connectivity index (χ0n) is 11.0. The van der Waals surface area contributed by atoms with Gasteiger partial charge in [0.2, 0.25) is 5.82 Å². The molecule has 1 unspecified atom stereocenters. The Kier molecular flexibility index (Phi) is 4.51. The molecule has 2 aromatic heterocycles. The zero-order valence-corrected chi connectivity index (χ0v) is 12.5. The molecule has 2 aromatic rings. The highest BCUT2D eigenvalue weighted by molar-refractivity contribution is 7.11. The van der Waals surface area contributed by atoms with E-state index in [0.717, 1.165) is 11.4 Å². The molecule has 2 rings (SSSR count). The van der Waals surface area contributed by atoms with Gasteiger partial charge >= 0.3 is 5.69 Å². The lowest BCUT2D eigenvalue weighted by molar-refractivity contribution is -0.384. The first-order chi connectivity index (χ1) is 9.51. The van der Waals surface area contributed by atoms with Gasteiger partial charge in [0.1, 0.15) is 5.01 Å². The third kappa shape index (κ3) is 3.23. The van der Waals surface area contributed by atoms with E-state index < -0.39 is 4.92 Å². The predicted molar refractivity (Wildman–Crippen MR) is 79.4 cm³/mol. The number of halogens is 1. The highest BCUT2D eigenvalue weighted by Crippen LogP contribution is 2.29. The first kappa shape index (κ1) is 14.7. The quantitative estimate of drug-likeness (QED) is 0.670. The number of anilines is 1. The third-order valence-electron chi connectivity index (χ3n) is 2.67. The molecule has 1 atom stereocenters. The van der Waals surface area contributed by atoms with E-state index in [2.05, 4.69) is 22.2 Å². The minimum atomic E-state index is -0.507. The fourth-order valence-corrected chi connectivity index (χ4v) is 2.64. The lowest BCUT2D eigenvalue weighted by Crippen LogP contribution is -2.09. The first-order valence-electron chi connectivity index (χ1n) is 6.02. The molecule has 106 valence electrons. The second kappa shape index (κ2) is 6.15. The number of pyridine rings is 1. The molecule has 0 fully saturated rings. The van der Waals surface area contributed by atoms with Crippen LogP contribution in [0.4, 0.5) is 11.5 Å². The Labute approximate surface area is 125 Å². The Balaban J connectivity index is 2.23. The van der Waals surface area contributed by atoms with E-state index >= 15 is 0 Å². The van der Waals surface area contributed by atoms with E-state index in [9.17, 15) is 10.1 Å². The number of rotatable bonds is 5. The monoisotopic (exact) mass is 312 g/mol. The fourth-order valence-electron chi connectivity index (χ4n) is 1.63. The van der Waals surface area contributed by atoms with Gasteiger partial charge in [0, 0.05) is 23.3 Å². The van der Waals surface area contributed by atoms with Crippen molar-refractivity contribution in [3.63, 3.8) is 0 Å². The number of hydrogen-bond donors (Lipinski definition) is 1. The van der Waals surface area contributed by atoms with Crippen LogP contribution >= 0.6 is 22.9 Å². The summed E-state index contributed by atoms with van der Waals surface area (Å²) in [5.74, 6) is 0.195. The van der Waals surface area contributed by atoms with E-state index in [1.807, 2.05) is 13.1 Å². The van der Waals surface area contributed by atoms with Crippen molar-refractivity contribution in [2.75, 3.05) is 5.32 Å². The molecule has 0 radical (unpaired) electrons. The fraction of sp³-hybridized carbons (Fsp3) is 0.333. The molecule has 6 nitrogen and oxygen atoms in total. The zero-order chi connectivity index (χ0) is 14.7. The summed E-state index contributed by atoms with van der Waals surface area (Å²) in [5.41, 5.74) is -0.142. The van der Waals surface area contributed by atoms with Crippen LogP contribution in [0, 0.1) is 10.1 Å². The van der Waals surface area contributed by atoms with Gasteiger partial charge in [-0.3, -0.25) is 10.1 Å². The minimum Gasteiger partial charge on any atom is -0.355 e. The topological polar surface area (TPSA) is 81.0 Å². The number of nitrogens with one attached hydrogen (secondary N) is 1. The number of aryl methyl sites for hydroxylation is 1. The molecule has 1 N–H and O–H groups in total. The lowest BCUT2D eigenvalue weighted by Gasteiger charge is -2.11. The maximum absolute atomic E-state index is 11.0. The highest BCUT2D eigenvalue weighted by Gasteiger charge is 2.19. The van der Waals surface area contributed by atoms with Crippen molar-refractivity contribution in [3.05, 3.63) is 43.5 Å². The molecule has 0 aliphatic heterocycles. The molecule has 0 bridgehead atoms. The molecule has 2 heterocycles. The second-order valence-corrected chi connectivity index (χ2v) is 5.75. The van der Waals surface area contributed by atoms with Gasteiger partial charge in [-0.1, -0.05) is 18.5 Å². The van der Waals surface area contributed by atoms with Crippen molar-refractivity contribution in [3.8, 4) is 0 Å². The summed E-state index contributed by atoms with van der Waals surface area (Å²) in [5, 5.41) is 15.1. The van der Waals surface area contributed by atoms with Crippen LogP contribution in [0.25, 0.3) is 0 Å². The van der Waals surface area contributed by atoms with Crippen LogP contribution in [0.5, 0.6) is 0 Å². The maximum Gasteiger partial charge on any atom is 0.312 e. The highest BCUT2D eigenvalue weighted by atomic mass is 35.5. The SMILES string of the molecule is CCc1cnc(C(C)Nc2ncc(Cl)cc2[N+](=O)[O-])s1. The Hall–Kier alpha value is -1.73. The van der Waals surface area contributed by atoms with Crippen LogP contribution in [0.15, 0.2) is 18.5 Å². The summed E-state index contributed by atoms with van der Waals surface area (Å²) >= 11 is 7.31. The molecule has 0 amide bonds. The van der Waals surface area contributed by atoms with E-state index in [-0.39, 0.29) is 22.6 Å². The normalized spacial score (nSPS) is 12.2. The molecule has 0 aromatic carbocycles. The molecule has 0 spiro atoms. The van der Waals surface area contributed by atoms with Gasteiger partial charge in [-0.2, -0.15) is 0 Å². The number of nitrogens with zero attached hydrogens (tertiary/aromatic N) is 3. The van der Waals surface area contributed by atoms with E-state index in [0.29, 0.717) is 0 Å².